The van der Waals surface area contributed by atoms with E-state index in [1.807, 2.05) is 45.3 Å². The van der Waals surface area contributed by atoms with Crippen LogP contribution in [0.3, 0.4) is 0 Å². The van der Waals surface area contributed by atoms with E-state index in [9.17, 15) is 0 Å². The van der Waals surface area contributed by atoms with Gasteiger partial charge in [0.15, 0.2) is 0 Å². The predicted octanol–water partition coefficient (Wildman–Crippen LogP) is 11.3. The Bertz CT molecular complexity index is 1920. The second kappa shape index (κ2) is 8.15. The van der Waals surface area contributed by atoms with E-state index in [4.69, 9.17) is 0 Å². The highest BCUT2D eigenvalue weighted by Gasteiger charge is 2.22. The molecule has 2 aromatic carbocycles. The fourth-order valence-corrected chi connectivity index (χ4v) is 10.8. The molecule has 0 saturated heterocycles. The Kier molecular flexibility index (Phi) is 4.94. The lowest BCUT2D eigenvalue weighted by atomic mass is 10.3. The molecule has 0 spiro atoms. The van der Waals surface area contributed by atoms with Crippen molar-refractivity contribution >= 4 is 118 Å². The van der Waals surface area contributed by atoms with Crippen molar-refractivity contribution in [2.45, 2.75) is 0 Å². The first kappa shape index (κ1) is 21.8. The van der Waals surface area contributed by atoms with Gasteiger partial charge in [-0.3, -0.25) is 0 Å². The third kappa shape index (κ3) is 3.15. The van der Waals surface area contributed by atoms with Crippen LogP contribution in [0.2, 0.25) is 0 Å². The van der Waals surface area contributed by atoms with Gasteiger partial charge in [-0.05, 0) is 80.4 Å². The number of nitrogens with zero attached hydrogens (tertiary/aromatic N) is 2. The van der Waals surface area contributed by atoms with Gasteiger partial charge in [0.05, 0.1) is 48.4 Å². The Balaban J connectivity index is 1.39. The molecule has 6 heterocycles. The van der Waals surface area contributed by atoms with Gasteiger partial charge in [-0.25, -0.2) is 0 Å². The van der Waals surface area contributed by atoms with E-state index in [0.29, 0.717) is 0 Å². The summed E-state index contributed by atoms with van der Waals surface area (Å²) >= 11 is 14.9. The Morgan fingerprint density at radius 2 is 0.806 bits per heavy atom. The van der Waals surface area contributed by atoms with E-state index >= 15 is 0 Å². The maximum Gasteiger partial charge on any atom is 0.0727 e. The van der Waals surface area contributed by atoms with Gasteiger partial charge < -0.3 is 9.13 Å². The summed E-state index contributed by atoms with van der Waals surface area (Å²) in [5, 5.41) is 0. The highest BCUT2D eigenvalue weighted by atomic mass is 79.9. The van der Waals surface area contributed by atoms with E-state index < -0.39 is 0 Å². The van der Waals surface area contributed by atoms with Gasteiger partial charge in [-0.15, -0.1) is 45.3 Å². The van der Waals surface area contributed by atoms with Crippen molar-refractivity contribution in [1.82, 2.24) is 9.13 Å². The first-order chi connectivity index (χ1) is 17.7. The topological polar surface area (TPSA) is 9.86 Å². The van der Waals surface area contributed by atoms with Crippen LogP contribution >= 0.6 is 77.2 Å². The zero-order valence-corrected chi connectivity index (χ0v) is 24.8. The molecule has 174 valence electrons. The number of rotatable bonds is 3. The van der Waals surface area contributed by atoms with Crippen LogP contribution in [0.15, 0.2) is 92.5 Å². The molecule has 8 rings (SSSR count). The number of fused-ring (bicyclic) bond motifs is 6. The van der Waals surface area contributed by atoms with Gasteiger partial charge in [0, 0.05) is 21.1 Å². The molecule has 8 aromatic rings. The molecule has 0 aliphatic rings. The van der Waals surface area contributed by atoms with Crippen LogP contribution < -0.4 is 0 Å². The number of benzene rings is 2. The monoisotopic (exact) mass is 664 g/mol. The summed E-state index contributed by atoms with van der Waals surface area (Å²) in [5.41, 5.74) is 7.49. The summed E-state index contributed by atoms with van der Waals surface area (Å²) in [7, 11) is 0. The quantitative estimate of drug-likeness (QED) is 0.178. The molecular weight excluding hydrogens is 652 g/mol. The number of hydrogen-bond acceptors (Lipinski definition) is 4. The Morgan fingerprint density at radius 1 is 0.444 bits per heavy atom. The molecule has 0 amide bonds. The third-order valence-corrected chi connectivity index (χ3v) is 12.5. The van der Waals surface area contributed by atoms with Crippen LogP contribution in [0, 0.1) is 0 Å². The number of para-hydroxylation sites is 2. The largest absolute Gasteiger partial charge is 0.307 e. The van der Waals surface area contributed by atoms with Gasteiger partial charge >= 0.3 is 0 Å². The molecule has 6 aromatic heterocycles. The maximum absolute atomic E-state index is 3.73. The Morgan fingerprint density at radius 3 is 1.22 bits per heavy atom. The van der Waals surface area contributed by atoms with Crippen LogP contribution in [-0.2, 0) is 0 Å². The molecule has 0 bridgehead atoms. The Hall–Kier alpha value is -2.20. The van der Waals surface area contributed by atoms with Gasteiger partial charge in [0.2, 0.25) is 0 Å². The number of halogens is 2. The minimum Gasteiger partial charge on any atom is -0.307 e. The smallest absolute Gasteiger partial charge is 0.0727 e. The van der Waals surface area contributed by atoms with Crippen molar-refractivity contribution in [2.75, 3.05) is 0 Å². The summed E-state index contributed by atoms with van der Waals surface area (Å²) < 4.78 is 12.5. The van der Waals surface area contributed by atoms with Crippen LogP contribution in [0.1, 0.15) is 0 Å². The van der Waals surface area contributed by atoms with E-state index in [1.54, 1.807) is 0 Å². The van der Waals surface area contributed by atoms with Crippen molar-refractivity contribution in [1.29, 1.82) is 0 Å². The molecule has 0 saturated carbocycles. The SMILES string of the molecule is Brc1cc2c(s1)c1sc(-c3cc4c(s3)c3sc(Br)cc3n4-c3ccccc3)cc1n2-c1ccccc1. The lowest BCUT2D eigenvalue weighted by molar-refractivity contribution is 1.18. The van der Waals surface area contributed by atoms with Gasteiger partial charge in [0.25, 0.3) is 0 Å². The van der Waals surface area contributed by atoms with E-state index in [2.05, 4.69) is 126 Å². The molecule has 36 heavy (non-hydrogen) atoms. The molecule has 0 unspecified atom stereocenters. The zero-order chi connectivity index (χ0) is 24.0. The van der Waals surface area contributed by atoms with Crippen molar-refractivity contribution in [3.63, 3.8) is 0 Å². The van der Waals surface area contributed by atoms with Gasteiger partial charge in [0.1, 0.15) is 0 Å². The molecule has 0 aliphatic heterocycles. The molecule has 8 heteroatoms. The lowest BCUT2D eigenvalue weighted by Crippen LogP contribution is -1.91. The second-order valence-electron chi connectivity index (χ2n) is 8.52. The lowest BCUT2D eigenvalue weighted by Gasteiger charge is -2.05. The van der Waals surface area contributed by atoms with Crippen LogP contribution in [-0.4, -0.2) is 9.13 Å². The zero-order valence-electron chi connectivity index (χ0n) is 18.4. The molecule has 2 nitrogen and oxygen atoms in total. The number of aromatic nitrogens is 2. The van der Waals surface area contributed by atoms with Crippen molar-refractivity contribution in [2.24, 2.45) is 0 Å². The minimum atomic E-state index is 1.17. The normalized spacial score (nSPS) is 12.2. The fraction of sp³-hybridized carbons (Fsp3) is 0. The van der Waals surface area contributed by atoms with E-state index in [0.717, 1.165) is 0 Å². The van der Waals surface area contributed by atoms with E-state index in [1.165, 1.54) is 69.6 Å². The summed E-state index contributed by atoms with van der Waals surface area (Å²) in [4.78, 5) is 2.64. The average Bonchev–Trinajstić information content (AvgIpc) is 3.69. The summed E-state index contributed by atoms with van der Waals surface area (Å²) in [5.74, 6) is 0. The summed E-state index contributed by atoms with van der Waals surface area (Å²) in [6, 6.07) is 30.6. The van der Waals surface area contributed by atoms with E-state index in [-0.39, 0.29) is 0 Å². The molecule has 0 fully saturated rings. The second-order valence-corrected chi connectivity index (χ2v) is 15.5. The molecule has 0 N–H and O–H groups in total. The molecule has 0 aliphatic carbocycles. The summed E-state index contributed by atoms with van der Waals surface area (Å²) in [6.07, 6.45) is 0. The van der Waals surface area contributed by atoms with Crippen LogP contribution in [0.5, 0.6) is 0 Å². The van der Waals surface area contributed by atoms with Crippen molar-refractivity contribution < 1.29 is 0 Å². The fourth-order valence-electron chi connectivity index (χ4n) is 5.00. The van der Waals surface area contributed by atoms with Crippen LogP contribution in [0.4, 0.5) is 0 Å². The number of thiophene rings is 4. The molecule has 0 radical (unpaired) electrons. The Labute approximate surface area is 238 Å². The maximum atomic E-state index is 3.73. The van der Waals surface area contributed by atoms with Gasteiger partial charge in [-0.1, -0.05) is 36.4 Å². The average molecular weight is 667 g/mol. The standard InChI is InChI=1S/C28H14Br2N2S4/c29-23-13-19-27(35-23)25-17(31(19)15-7-3-1-4-8-15)11-21(33-25)22-12-18-26(34-22)28-20(14-24(30)36-28)32(18)16-9-5-2-6-10-16/h1-14H. The highest BCUT2D eigenvalue weighted by Crippen LogP contribution is 2.50. The number of hydrogen-bond donors (Lipinski definition) is 0. The highest BCUT2D eigenvalue weighted by molar-refractivity contribution is 9.11. The first-order valence-electron chi connectivity index (χ1n) is 11.2. The van der Waals surface area contributed by atoms with Crippen molar-refractivity contribution in [3.8, 4) is 21.1 Å². The van der Waals surface area contributed by atoms with Crippen LogP contribution in [0.25, 0.3) is 62.0 Å². The molecular formula is C28H14Br2N2S4. The molecule has 0 atom stereocenters. The predicted molar refractivity (Wildman–Crippen MR) is 167 cm³/mol. The third-order valence-electron chi connectivity index (χ3n) is 6.44. The first-order valence-corrected chi connectivity index (χ1v) is 16.1. The minimum absolute atomic E-state index is 1.17. The van der Waals surface area contributed by atoms with Crippen molar-refractivity contribution in [3.05, 3.63) is 92.5 Å². The van der Waals surface area contributed by atoms with Gasteiger partial charge in [-0.2, -0.15) is 0 Å². The summed E-state index contributed by atoms with van der Waals surface area (Å²) in [6.45, 7) is 0.